The molecule has 2 aromatic heterocycles. The van der Waals surface area contributed by atoms with Crippen LogP contribution in [0.15, 0.2) is 36.5 Å². The lowest BCUT2D eigenvalue weighted by molar-refractivity contribution is -0.130. The molecule has 3 N–H and O–H groups in total. The Balaban J connectivity index is 1.04. The molecule has 3 aliphatic heterocycles. The number of anilines is 1. The number of aromatic nitrogens is 3. The Hall–Kier alpha value is -4.46. The van der Waals surface area contributed by atoms with E-state index in [4.69, 9.17) is 14.5 Å². The van der Waals surface area contributed by atoms with Crippen LogP contribution in [0.25, 0.3) is 32.9 Å². The number of nitrogens with one attached hydrogen (secondary N) is 2. The van der Waals surface area contributed by atoms with Crippen molar-refractivity contribution in [2.45, 2.75) is 77.9 Å². The second-order valence-electron chi connectivity index (χ2n) is 16.1. The van der Waals surface area contributed by atoms with Gasteiger partial charge < -0.3 is 34.9 Å². The summed E-state index contributed by atoms with van der Waals surface area (Å²) in [6.45, 7) is 12.4. The lowest BCUT2D eigenvalue weighted by Crippen LogP contribution is -2.51. The molecule has 13 heteroatoms. The van der Waals surface area contributed by atoms with E-state index in [9.17, 15) is 14.7 Å². The van der Waals surface area contributed by atoms with Crippen LogP contribution in [0, 0.1) is 17.2 Å². The molecule has 0 saturated carbocycles. The fourth-order valence-electron chi connectivity index (χ4n) is 8.09. The number of phenolic OH excluding ortho intramolecular Hbond substituents is 1. The Bertz CT molecular complexity index is 1980. The highest BCUT2D eigenvalue weighted by molar-refractivity contribution is 6.01. The average molecular weight is 742 g/mol. The van der Waals surface area contributed by atoms with Crippen LogP contribution in [-0.2, 0) is 20.7 Å². The number of aromatic hydroxyl groups is 1. The molecule has 288 valence electrons. The van der Waals surface area contributed by atoms with Gasteiger partial charge in [0.05, 0.1) is 18.0 Å². The number of hydrogen-bond donors (Lipinski definition) is 3. The molecule has 7 rings (SSSR count). The Morgan fingerprint density at radius 2 is 1.89 bits per heavy atom. The maximum Gasteiger partial charge on any atom is 0.319 e. The molecular weight excluding hydrogens is 689 g/mol. The highest BCUT2D eigenvalue weighted by Crippen LogP contribution is 2.39. The number of hydrogen-bond acceptors (Lipinski definition) is 11. The molecule has 2 bridgehead atoms. The first-order chi connectivity index (χ1) is 26.0. The van der Waals surface area contributed by atoms with Crippen LogP contribution >= 0.6 is 0 Å². The smallest absolute Gasteiger partial charge is 0.319 e. The Morgan fingerprint density at radius 1 is 1.13 bits per heavy atom. The molecular formula is C41H52FN7O5. The number of piperidine rings is 1. The zero-order valence-electron chi connectivity index (χ0n) is 31.7. The van der Waals surface area contributed by atoms with Crippen molar-refractivity contribution in [2.24, 2.45) is 11.3 Å². The molecule has 12 nitrogen and oxygen atoms in total. The van der Waals surface area contributed by atoms with Gasteiger partial charge in [0.15, 0.2) is 5.82 Å². The monoisotopic (exact) mass is 741 g/mol. The number of nitrogens with zero attached hydrogens (tertiary/aromatic N) is 5. The summed E-state index contributed by atoms with van der Waals surface area (Å²) >= 11 is 0. The molecule has 4 aromatic rings. The number of pyridine rings is 1. The largest absolute Gasteiger partial charge is 0.508 e. The number of carbonyl (C=O) groups excluding carboxylic acids is 2. The van der Waals surface area contributed by atoms with E-state index in [1.165, 1.54) is 0 Å². The van der Waals surface area contributed by atoms with Gasteiger partial charge in [0, 0.05) is 43.5 Å². The molecule has 3 atom stereocenters. The predicted molar refractivity (Wildman–Crippen MR) is 206 cm³/mol. The Labute approximate surface area is 315 Å². The number of ether oxygens (including phenoxy) is 2. The van der Waals surface area contributed by atoms with Crippen molar-refractivity contribution in [3.63, 3.8) is 0 Å². The molecule has 0 spiro atoms. The minimum atomic E-state index is -0.573. The lowest BCUT2D eigenvalue weighted by atomic mass is 9.88. The standard InChI is InChI=1S/C41H52FN7O5/c1-5-26-7-6-8-27-17-30(51)18-31(35(26)27)37-36(42)38-32(19-43-37)39(49-20-28-9-10-29(21-49)44-28)47-40(46-38)54-16-15-48-13-11-25(12-14-48)23-53-24-34(52)45-33(22-50)41(2,3)4/h6-8,17-19,22,25,28-29,33,44,51H,5,9-16,20-21,23-24H2,1-4H3,(H,45,52). The molecule has 3 unspecified atom stereocenters. The second kappa shape index (κ2) is 16.1. The molecule has 0 radical (unpaired) electrons. The highest BCUT2D eigenvalue weighted by Gasteiger charge is 2.34. The summed E-state index contributed by atoms with van der Waals surface area (Å²) in [4.78, 5) is 42.4. The van der Waals surface area contributed by atoms with Gasteiger partial charge in [0.1, 0.15) is 42.3 Å². The summed E-state index contributed by atoms with van der Waals surface area (Å²) in [5.41, 5.74) is 1.47. The van der Waals surface area contributed by atoms with Crippen LogP contribution < -0.4 is 20.3 Å². The number of likely N-dealkylation sites (tertiary alicyclic amines) is 1. The lowest BCUT2D eigenvalue weighted by Gasteiger charge is -2.34. The number of phenols is 1. The van der Waals surface area contributed by atoms with Crippen LogP contribution in [0.5, 0.6) is 11.8 Å². The predicted octanol–water partition coefficient (Wildman–Crippen LogP) is 5.03. The van der Waals surface area contributed by atoms with Gasteiger partial charge >= 0.3 is 6.01 Å². The van der Waals surface area contributed by atoms with Crippen molar-refractivity contribution in [1.29, 1.82) is 0 Å². The van der Waals surface area contributed by atoms with E-state index in [-0.39, 0.29) is 40.9 Å². The van der Waals surface area contributed by atoms with Gasteiger partial charge in [-0.2, -0.15) is 9.97 Å². The number of benzene rings is 2. The topological polar surface area (TPSA) is 142 Å². The molecule has 0 aliphatic carbocycles. The van der Waals surface area contributed by atoms with Gasteiger partial charge in [0.25, 0.3) is 0 Å². The molecule has 2 aromatic carbocycles. The summed E-state index contributed by atoms with van der Waals surface area (Å²) < 4.78 is 28.8. The summed E-state index contributed by atoms with van der Waals surface area (Å²) in [5, 5.41) is 19.3. The van der Waals surface area contributed by atoms with Crippen molar-refractivity contribution in [3.8, 4) is 23.0 Å². The number of carbonyl (C=O) groups is 2. The summed E-state index contributed by atoms with van der Waals surface area (Å²) in [5.74, 6) is 0.140. The van der Waals surface area contributed by atoms with E-state index < -0.39 is 11.9 Å². The first-order valence-corrected chi connectivity index (χ1v) is 19.3. The van der Waals surface area contributed by atoms with Crippen molar-refractivity contribution in [3.05, 3.63) is 47.9 Å². The molecule has 3 aliphatic rings. The van der Waals surface area contributed by atoms with Gasteiger partial charge in [-0.15, -0.1) is 0 Å². The molecule has 1 amide bonds. The SMILES string of the molecule is CCc1cccc2cc(O)cc(-c3ncc4c(N5CC6CCC(C5)N6)nc(OCCN5CCC(COCC(=O)NC(C=O)C(C)(C)C)CC5)nc4c3F)c12. The summed E-state index contributed by atoms with van der Waals surface area (Å²) in [6, 6.07) is 9.40. The van der Waals surface area contributed by atoms with Crippen molar-refractivity contribution >= 4 is 39.7 Å². The van der Waals surface area contributed by atoms with E-state index in [0.717, 1.165) is 80.9 Å². The fraction of sp³-hybridized carbons (Fsp3) is 0.537. The Kier molecular flexibility index (Phi) is 11.3. The van der Waals surface area contributed by atoms with Crippen LogP contribution in [0.2, 0.25) is 0 Å². The third kappa shape index (κ3) is 8.28. The molecule has 54 heavy (non-hydrogen) atoms. The quantitative estimate of drug-likeness (QED) is 0.159. The molecule has 3 fully saturated rings. The van der Waals surface area contributed by atoms with Crippen LogP contribution in [0.1, 0.15) is 58.9 Å². The van der Waals surface area contributed by atoms with Gasteiger partial charge in [-0.05, 0) is 85.0 Å². The third-order valence-corrected chi connectivity index (χ3v) is 11.2. The Morgan fingerprint density at radius 3 is 2.59 bits per heavy atom. The van der Waals surface area contributed by atoms with Crippen molar-refractivity contribution in [1.82, 2.24) is 30.5 Å². The van der Waals surface area contributed by atoms with Gasteiger partial charge in [-0.25, -0.2) is 4.39 Å². The van der Waals surface area contributed by atoms with Crippen LogP contribution in [-0.4, -0.2) is 108 Å². The highest BCUT2D eigenvalue weighted by atomic mass is 19.1. The average Bonchev–Trinajstić information content (AvgIpc) is 3.50. The first-order valence-electron chi connectivity index (χ1n) is 19.3. The minimum Gasteiger partial charge on any atom is -0.508 e. The number of piperazine rings is 1. The van der Waals surface area contributed by atoms with Crippen molar-refractivity contribution in [2.75, 3.05) is 57.4 Å². The zero-order valence-corrected chi connectivity index (χ0v) is 31.7. The number of amides is 1. The van der Waals surface area contributed by atoms with Gasteiger partial charge in [-0.1, -0.05) is 45.9 Å². The number of aryl methyl sites for hydroxylation is 1. The first kappa shape index (κ1) is 37.8. The minimum absolute atomic E-state index is 0.0417. The second-order valence-corrected chi connectivity index (χ2v) is 16.1. The maximum atomic E-state index is 16.9. The molecule has 5 heterocycles. The maximum absolute atomic E-state index is 16.9. The number of fused-ring (bicyclic) bond motifs is 4. The van der Waals surface area contributed by atoms with E-state index in [1.807, 2.05) is 39.0 Å². The number of halogens is 1. The van der Waals surface area contributed by atoms with E-state index in [0.29, 0.717) is 54.5 Å². The van der Waals surface area contributed by atoms with Crippen molar-refractivity contribution < 1.29 is 28.6 Å². The van der Waals surface area contributed by atoms with E-state index in [2.05, 4.69) is 37.3 Å². The number of aldehydes is 1. The summed E-state index contributed by atoms with van der Waals surface area (Å²) in [7, 11) is 0. The van der Waals surface area contributed by atoms with E-state index in [1.54, 1.807) is 18.3 Å². The normalized spacial score (nSPS) is 20.1. The van der Waals surface area contributed by atoms with Crippen LogP contribution in [0.3, 0.4) is 0 Å². The van der Waals surface area contributed by atoms with E-state index >= 15 is 4.39 Å². The zero-order chi connectivity index (χ0) is 38.0. The number of rotatable bonds is 13. The van der Waals surface area contributed by atoms with Gasteiger partial charge in [-0.3, -0.25) is 14.7 Å². The fourth-order valence-corrected chi connectivity index (χ4v) is 8.09. The summed E-state index contributed by atoms with van der Waals surface area (Å²) in [6.07, 6.45) is 7.20. The van der Waals surface area contributed by atoms with Crippen LogP contribution in [0.4, 0.5) is 10.2 Å². The molecule has 3 saturated heterocycles. The third-order valence-electron chi connectivity index (χ3n) is 11.2. The van der Waals surface area contributed by atoms with Gasteiger partial charge in [0.2, 0.25) is 5.91 Å².